The van der Waals surface area contributed by atoms with Crippen LogP contribution in [0.15, 0.2) is 24.3 Å². The Morgan fingerprint density at radius 1 is 1.22 bits per heavy atom. The summed E-state index contributed by atoms with van der Waals surface area (Å²) in [5.74, 6) is 0.480. The minimum atomic E-state index is 0.190. The molecule has 0 radical (unpaired) electrons. The fraction of sp³-hybridized carbons (Fsp3) is 0.353. The fourth-order valence-electron chi connectivity index (χ4n) is 1.45. The summed E-state index contributed by atoms with van der Waals surface area (Å²) in [5.41, 5.74) is 2.62. The van der Waals surface area contributed by atoms with E-state index < -0.39 is 0 Å². The first-order chi connectivity index (χ1) is 8.59. The quantitative estimate of drug-likeness (QED) is 0.737. The number of carbonyl (C=O) groups excluding carboxylic acids is 1. The Bertz CT molecular complexity index is 379. The first kappa shape index (κ1) is 18.4. The minimum Gasteiger partial charge on any atom is -0.300 e. The van der Waals surface area contributed by atoms with E-state index in [2.05, 4.69) is 56.9 Å². The van der Waals surface area contributed by atoms with E-state index in [9.17, 15) is 4.79 Å². The second kappa shape index (κ2) is 11.5. The van der Waals surface area contributed by atoms with Crippen LogP contribution in [-0.4, -0.2) is 5.78 Å². The summed E-state index contributed by atoms with van der Waals surface area (Å²) in [5, 5.41) is 0. The number of terminal acetylenes is 2. The molecule has 1 nitrogen and oxygen atoms in total. The molecule has 0 aliphatic carbocycles. The highest BCUT2D eigenvalue weighted by atomic mass is 16.1. The highest BCUT2D eigenvalue weighted by molar-refractivity contribution is 5.77. The number of carbonyl (C=O) groups is 1. The standard InChI is InChI=1S/C13H18O.2C2H2/c1-10-5-4-6-13(9-10)8-7-11(2)12(3)14;2*1-2/h4-6,9,11H,7-8H2,1-3H3;2*1-2H/t11-;;/m0../s1. The molecule has 0 N–H and O–H groups in total. The van der Waals surface area contributed by atoms with E-state index in [4.69, 9.17) is 0 Å². The predicted octanol–water partition coefficient (Wildman–Crippen LogP) is 3.65. The average molecular weight is 242 g/mol. The molecule has 0 heterocycles. The lowest BCUT2D eigenvalue weighted by atomic mass is 9.97. The van der Waals surface area contributed by atoms with Crippen LogP contribution in [0.5, 0.6) is 0 Å². The lowest BCUT2D eigenvalue weighted by Gasteiger charge is -2.07. The summed E-state index contributed by atoms with van der Waals surface area (Å²) in [6, 6.07) is 8.48. The highest BCUT2D eigenvalue weighted by Gasteiger charge is 2.06. The Balaban J connectivity index is 0. The van der Waals surface area contributed by atoms with Gasteiger partial charge in [-0.05, 0) is 32.3 Å². The molecule has 1 aromatic rings. The maximum Gasteiger partial charge on any atom is 0.132 e. The lowest BCUT2D eigenvalue weighted by molar-refractivity contribution is -0.120. The van der Waals surface area contributed by atoms with Crippen molar-refractivity contribution in [3.63, 3.8) is 0 Å². The van der Waals surface area contributed by atoms with Crippen LogP contribution in [0, 0.1) is 38.5 Å². The van der Waals surface area contributed by atoms with Gasteiger partial charge < -0.3 is 0 Å². The van der Waals surface area contributed by atoms with Crippen molar-refractivity contribution in [3.05, 3.63) is 35.4 Å². The summed E-state index contributed by atoms with van der Waals surface area (Å²) in [7, 11) is 0. The van der Waals surface area contributed by atoms with E-state index in [1.807, 2.05) is 6.92 Å². The third kappa shape index (κ3) is 8.20. The number of ketones is 1. The topological polar surface area (TPSA) is 17.1 Å². The first-order valence-corrected chi connectivity index (χ1v) is 5.82. The van der Waals surface area contributed by atoms with Gasteiger partial charge in [-0.15, -0.1) is 25.7 Å². The molecule has 96 valence electrons. The normalized spacial score (nSPS) is 9.94. The van der Waals surface area contributed by atoms with E-state index in [0.717, 1.165) is 12.8 Å². The van der Waals surface area contributed by atoms with E-state index in [1.165, 1.54) is 11.1 Å². The van der Waals surface area contributed by atoms with Crippen molar-refractivity contribution in [1.82, 2.24) is 0 Å². The van der Waals surface area contributed by atoms with E-state index in [-0.39, 0.29) is 11.7 Å². The smallest absolute Gasteiger partial charge is 0.132 e. The Morgan fingerprint density at radius 3 is 2.22 bits per heavy atom. The number of hydrogen-bond acceptors (Lipinski definition) is 1. The lowest BCUT2D eigenvalue weighted by Crippen LogP contribution is -2.07. The molecule has 1 rings (SSSR count). The SMILES string of the molecule is C#C.C#C.CC(=O)[C@@H](C)CCc1cccc(C)c1. The molecule has 0 fully saturated rings. The number of Topliss-reactive ketones (excluding diaryl/α,β-unsaturated/α-hetero) is 1. The second-order valence-electron chi connectivity index (χ2n) is 4.04. The molecule has 1 aromatic carbocycles. The molecule has 1 heteroatoms. The van der Waals surface area contributed by atoms with Crippen LogP contribution in [0.25, 0.3) is 0 Å². The average Bonchev–Trinajstić information content (AvgIpc) is 2.40. The van der Waals surface area contributed by atoms with Crippen molar-refractivity contribution in [2.24, 2.45) is 5.92 Å². The van der Waals surface area contributed by atoms with Crippen molar-refractivity contribution >= 4 is 5.78 Å². The largest absolute Gasteiger partial charge is 0.300 e. The zero-order valence-electron chi connectivity index (χ0n) is 11.5. The summed E-state index contributed by atoms with van der Waals surface area (Å²) < 4.78 is 0. The summed E-state index contributed by atoms with van der Waals surface area (Å²) in [6.07, 6.45) is 18.0. The second-order valence-corrected chi connectivity index (χ2v) is 4.04. The number of benzene rings is 1. The summed E-state index contributed by atoms with van der Waals surface area (Å²) >= 11 is 0. The van der Waals surface area contributed by atoms with Gasteiger partial charge in [0.25, 0.3) is 0 Å². The number of rotatable bonds is 4. The minimum absolute atomic E-state index is 0.190. The van der Waals surface area contributed by atoms with E-state index >= 15 is 0 Å². The van der Waals surface area contributed by atoms with Crippen molar-refractivity contribution in [1.29, 1.82) is 0 Å². The monoisotopic (exact) mass is 242 g/mol. The van der Waals surface area contributed by atoms with Crippen LogP contribution >= 0.6 is 0 Å². The van der Waals surface area contributed by atoms with Crippen LogP contribution < -0.4 is 0 Å². The van der Waals surface area contributed by atoms with Crippen molar-refractivity contribution in [2.45, 2.75) is 33.6 Å². The fourth-order valence-corrected chi connectivity index (χ4v) is 1.45. The molecule has 18 heavy (non-hydrogen) atoms. The zero-order chi connectivity index (χ0) is 14.6. The summed E-state index contributed by atoms with van der Waals surface area (Å²) in [4.78, 5) is 11.0. The number of aryl methyl sites for hydroxylation is 2. The molecule has 0 saturated heterocycles. The van der Waals surface area contributed by atoms with Crippen molar-refractivity contribution < 1.29 is 4.79 Å². The maximum atomic E-state index is 11.0. The molecule has 0 bridgehead atoms. The first-order valence-electron chi connectivity index (χ1n) is 5.82. The molecule has 1 atom stereocenters. The molecule has 0 aromatic heterocycles. The van der Waals surface area contributed by atoms with Gasteiger partial charge in [-0.25, -0.2) is 0 Å². The van der Waals surface area contributed by atoms with E-state index in [1.54, 1.807) is 6.92 Å². The number of hydrogen-bond donors (Lipinski definition) is 0. The van der Waals surface area contributed by atoms with Gasteiger partial charge in [-0.2, -0.15) is 0 Å². The molecule has 0 aliphatic rings. The van der Waals surface area contributed by atoms with Gasteiger partial charge in [-0.3, -0.25) is 4.79 Å². The molecule has 0 amide bonds. The molecule has 0 aliphatic heterocycles. The van der Waals surface area contributed by atoms with Gasteiger partial charge in [0.05, 0.1) is 0 Å². The zero-order valence-corrected chi connectivity index (χ0v) is 11.5. The Morgan fingerprint density at radius 2 is 1.78 bits per heavy atom. The van der Waals surface area contributed by atoms with Crippen molar-refractivity contribution in [3.8, 4) is 25.7 Å². The molecular weight excluding hydrogens is 220 g/mol. The van der Waals surface area contributed by atoms with Crippen LogP contribution in [0.4, 0.5) is 0 Å². The molecular formula is C17H22O. The van der Waals surface area contributed by atoms with Gasteiger partial charge in [-0.1, -0.05) is 36.8 Å². The predicted molar refractivity (Wildman–Crippen MR) is 79.1 cm³/mol. The van der Waals surface area contributed by atoms with Gasteiger partial charge in [0.1, 0.15) is 5.78 Å². The van der Waals surface area contributed by atoms with E-state index in [0.29, 0.717) is 0 Å². The highest BCUT2D eigenvalue weighted by Crippen LogP contribution is 2.11. The van der Waals surface area contributed by atoms with Crippen LogP contribution in [0.1, 0.15) is 31.4 Å². The third-order valence-electron chi connectivity index (χ3n) is 2.64. The van der Waals surface area contributed by atoms with Crippen LogP contribution in [0.3, 0.4) is 0 Å². The van der Waals surface area contributed by atoms with Gasteiger partial charge >= 0.3 is 0 Å². The van der Waals surface area contributed by atoms with Gasteiger partial charge in [0, 0.05) is 5.92 Å². The van der Waals surface area contributed by atoms with Gasteiger partial charge in [0.15, 0.2) is 0 Å². The Labute approximate surface area is 112 Å². The Kier molecular flexibility index (Phi) is 11.7. The maximum absolute atomic E-state index is 11.0. The third-order valence-corrected chi connectivity index (χ3v) is 2.64. The summed E-state index contributed by atoms with van der Waals surface area (Å²) in [6.45, 7) is 5.76. The molecule has 0 saturated carbocycles. The van der Waals surface area contributed by atoms with Gasteiger partial charge in [0.2, 0.25) is 0 Å². The van der Waals surface area contributed by atoms with Crippen molar-refractivity contribution in [2.75, 3.05) is 0 Å². The van der Waals surface area contributed by atoms with Crippen LogP contribution in [0.2, 0.25) is 0 Å². The molecule has 0 spiro atoms. The Hall–Kier alpha value is -1.99. The van der Waals surface area contributed by atoms with Crippen LogP contribution in [-0.2, 0) is 11.2 Å². The molecule has 0 unspecified atom stereocenters.